The monoisotopic (exact) mass is 335 g/mol. The van der Waals surface area contributed by atoms with Crippen LogP contribution in [0.2, 0.25) is 0 Å². The number of carbonyl (C=O) groups is 4. The molecule has 0 aliphatic heterocycles. The number of nitrogens with two attached hydrogens (primary N) is 1. The molecule has 1 aromatic carbocycles. The molecule has 1 rings (SSSR count). The quantitative estimate of drug-likeness (QED) is 0.387. The van der Waals surface area contributed by atoms with Crippen molar-refractivity contribution >= 4 is 29.4 Å². The largest absolute Gasteiger partial charge is 0.453 e. The molecule has 0 unspecified atom stereocenters. The van der Waals surface area contributed by atoms with E-state index in [-0.39, 0.29) is 18.6 Å². The summed E-state index contributed by atoms with van der Waals surface area (Å²) in [5, 5.41) is 4.42. The molecule has 8 heteroatoms. The Morgan fingerprint density at radius 1 is 1.12 bits per heavy atom. The Labute approximate surface area is 139 Å². The summed E-state index contributed by atoms with van der Waals surface area (Å²) in [5.41, 5.74) is 6.52. The van der Waals surface area contributed by atoms with Gasteiger partial charge in [-0.25, -0.2) is 4.79 Å². The fraction of sp³-hybridized carbons (Fsp3) is 0.375. The maximum absolute atomic E-state index is 11.9. The maximum Gasteiger partial charge on any atom is 0.321 e. The molecule has 0 radical (unpaired) electrons. The van der Waals surface area contributed by atoms with Gasteiger partial charge in [0.2, 0.25) is 0 Å². The van der Waals surface area contributed by atoms with E-state index in [2.05, 4.69) is 5.32 Å². The van der Waals surface area contributed by atoms with Crippen molar-refractivity contribution in [2.75, 3.05) is 12.3 Å². The highest BCUT2D eigenvalue weighted by Crippen LogP contribution is 2.10. The number of rotatable bonds is 7. The Kier molecular flexibility index (Phi) is 7.41. The highest BCUT2D eigenvalue weighted by Gasteiger charge is 2.20. The van der Waals surface area contributed by atoms with Crippen LogP contribution in [0.1, 0.15) is 37.0 Å². The van der Waals surface area contributed by atoms with Gasteiger partial charge in [-0.1, -0.05) is 0 Å². The normalized spacial score (nSPS) is 11.2. The van der Waals surface area contributed by atoms with Gasteiger partial charge in [-0.2, -0.15) is 0 Å². The molecule has 0 saturated heterocycles. The number of carbonyl (C=O) groups excluding carboxylic acids is 4. The lowest BCUT2D eigenvalue weighted by Crippen LogP contribution is -2.44. The lowest BCUT2D eigenvalue weighted by Gasteiger charge is -2.12. The first-order chi connectivity index (χ1) is 11.3. The molecule has 3 amide bonds. The number of ketones is 1. The number of benzene rings is 1. The molecule has 1 atom stereocenters. The summed E-state index contributed by atoms with van der Waals surface area (Å²) in [5.74, 6) is -1.66. The second kappa shape index (κ2) is 9.29. The van der Waals surface area contributed by atoms with E-state index in [1.165, 1.54) is 6.92 Å². The van der Waals surface area contributed by atoms with Crippen LogP contribution in [0.5, 0.6) is 0 Å². The minimum atomic E-state index is -1.13. The summed E-state index contributed by atoms with van der Waals surface area (Å²) in [4.78, 5) is 46.4. The third kappa shape index (κ3) is 6.47. The summed E-state index contributed by atoms with van der Waals surface area (Å²) in [6.07, 6.45) is -1.35. The SMILES string of the molecule is CCNC(=O)NC(=O)[C@@H](C)OC(=O)CCC(=O)c1ccc(N)cc1. The van der Waals surface area contributed by atoms with Gasteiger partial charge in [0.15, 0.2) is 11.9 Å². The van der Waals surface area contributed by atoms with Crippen molar-refractivity contribution in [3.05, 3.63) is 29.8 Å². The second-order valence-corrected chi connectivity index (χ2v) is 5.03. The molecule has 0 fully saturated rings. The number of Topliss-reactive ketones (excluding diaryl/α,β-unsaturated/α-hetero) is 1. The van der Waals surface area contributed by atoms with Crippen LogP contribution in [-0.4, -0.2) is 36.3 Å². The van der Waals surface area contributed by atoms with Gasteiger partial charge in [0.25, 0.3) is 5.91 Å². The summed E-state index contributed by atoms with van der Waals surface area (Å²) in [6, 6.07) is 5.68. The molecule has 8 nitrogen and oxygen atoms in total. The van der Waals surface area contributed by atoms with Crippen LogP contribution in [0.15, 0.2) is 24.3 Å². The first kappa shape index (κ1) is 19.1. The number of imide groups is 1. The van der Waals surface area contributed by atoms with E-state index >= 15 is 0 Å². The Balaban J connectivity index is 2.39. The van der Waals surface area contributed by atoms with Crippen LogP contribution in [0.3, 0.4) is 0 Å². The van der Waals surface area contributed by atoms with Crippen molar-refractivity contribution in [3.63, 3.8) is 0 Å². The average molecular weight is 335 g/mol. The number of esters is 1. The number of hydrogen-bond donors (Lipinski definition) is 3. The Morgan fingerprint density at radius 2 is 1.75 bits per heavy atom. The molecule has 4 N–H and O–H groups in total. The highest BCUT2D eigenvalue weighted by atomic mass is 16.5. The maximum atomic E-state index is 11.9. The lowest BCUT2D eigenvalue weighted by molar-refractivity contribution is -0.154. The fourth-order valence-electron chi connectivity index (χ4n) is 1.76. The van der Waals surface area contributed by atoms with Crippen LogP contribution in [0.4, 0.5) is 10.5 Å². The number of nitrogen functional groups attached to an aromatic ring is 1. The van der Waals surface area contributed by atoms with E-state index in [1.807, 2.05) is 5.32 Å². The molecule has 0 heterocycles. The van der Waals surface area contributed by atoms with E-state index in [4.69, 9.17) is 10.5 Å². The van der Waals surface area contributed by atoms with E-state index < -0.39 is 24.0 Å². The highest BCUT2D eigenvalue weighted by molar-refractivity contribution is 5.99. The minimum absolute atomic E-state index is 0.0482. The van der Waals surface area contributed by atoms with Gasteiger partial charge in [-0.3, -0.25) is 19.7 Å². The molecule has 24 heavy (non-hydrogen) atoms. The van der Waals surface area contributed by atoms with Crippen molar-refractivity contribution in [3.8, 4) is 0 Å². The van der Waals surface area contributed by atoms with Gasteiger partial charge in [0, 0.05) is 24.2 Å². The van der Waals surface area contributed by atoms with Crippen LogP contribution in [0.25, 0.3) is 0 Å². The average Bonchev–Trinajstić information content (AvgIpc) is 2.53. The Bertz CT molecular complexity index is 613. The second-order valence-electron chi connectivity index (χ2n) is 5.03. The summed E-state index contributed by atoms with van der Waals surface area (Å²) in [6.45, 7) is 3.40. The van der Waals surface area contributed by atoms with Crippen LogP contribution < -0.4 is 16.4 Å². The van der Waals surface area contributed by atoms with E-state index in [0.717, 1.165) is 0 Å². The van der Waals surface area contributed by atoms with Crippen molar-refractivity contribution in [2.45, 2.75) is 32.8 Å². The molecule has 0 spiro atoms. The summed E-state index contributed by atoms with van der Waals surface area (Å²) >= 11 is 0. The van der Waals surface area contributed by atoms with Crippen molar-refractivity contribution < 1.29 is 23.9 Å². The van der Waals surface area contributed by atoms with Crippen LogP contribution in [0, 0.1) is 0 Å². The smallest absolute Gasteiger partial charge is 0.321 e. The molecule has 0 saturated carbocycles. The van der Waals surface area contributed by atoms with E-state index in [1.54, 1.807) is 31.2 Å². The summed E-state index contributed by atoms with van der Waals surface area (Å²) < 4.78 is 4.89. The number of amides is 3. The molecule has 0 bridgehead atoms. The van der Waals surface area contributed by atoms with Gasteiger partial charge in [0.1, 0.15) is 0 Å². The number of ether oxygens (including phenoxy) is 1. The zero-order chi connectivity index (χ0) is 18.1. The predicted molar refractivity (Wildman–Crippen MR) is 87.2 cm³/mol. The third-order valence-electron chi connectivity index (χ3n) is 3.04. The lowest BCUT2D eigenvalue weighted by atomic mass is 10.1. The molecule has 0 aliphatic carbocycles. The first-order valence-electron chi connectivity index (χ1n) is 7.50. The number of hydrogen-bond acceptors (Lipinski definition) is 6. The molecular weight excluding hydrogens is 314 g/mol. The Morgan fingerprint density at radius 3 is 2.33 bits per heavy atom. The van der Waals surface area contributed by atoms with Gasteiger partial charge in [-0.05, 0) is 38.1 Å². The van der Waals surface area contributed by atoms with Gasteiger partial charge in [0.05, 0.1) is 6.42 Å². The Hall–Kier alpha value is -2.90. The number of nitrogens with one attached hydrogen (secondary N) is 2. The molecule has 0 aliphatic rings. The zero-order valence-corrected chi connectivity index (χ0v) is 13.6. The molecule has 0 aromatic heterocycles. The van der Waals surface area contributed by atoms with Crippen LogP contribution in [-0.2, 0) is 14.3 Å². The zero-order valence-electron chi connectivity index (χ0n) is 13.6. The molecule has 130 valence electrons. The first-order valence-corrected chi connectivity index (χ1v) is 7.50. The third-order valence-corrected chi connectivity index (χ3v) is 3.04. The van der Waals surface area contributed by atoms with Crippen molar-refractivity contribution in [2.24, 2.45) is 0 Å². The number of urea groups is 1. The van der Waals surface area contributed by atoms with Crippen molar-refractivity contribution in [1.29, 1.82) is 0 Å². The molecular formula is C16H21N3O5. The summed E-state index contributed by atoms with van der Waals surface area (Å²) in [7, 11) is 0. The standard InChI is InChI=1S/C16H21N3O5/c1-3-18-16(23)19-15(22)10(2)24-14(21)9-8-13(20)11-4-6-12(17)7-5-11/h4-7,10H,3,8-9,17H2,1-2H3,(H2,18,19,22,23)/t10-/m1/s1. The fourth-order valence-corrected chi connectivity index (χ4v) is 1.76. The van der Waals surface area contributed by atoms with Gasteiger partial charge in [-0.15, -0.1) is 0 Å². The van der Waals surface area contributed by atoms with Crippen LogP contribution >= 0.6 is 0 Å². The predicted octanol–water partition coefficient (Wildman–Crippen LogP) is 1.01. The van der Waals surface area contributed by atoms with E-state index in [9.17, 15) is 19.2 Å². The minimum Gasteiger partial charge on any atom is -0.453 e. The number of anilines is 1. The van der Waals surface area contributed by atoms with Gasteiger partial charge < -0.3 is 15.8 Å². The molecule has 1 aromatic rings. The van der Waals surface area contributed by atoms with Gasteiger partial charge >= 0.3 is 12.0 Å². The van der Waals surface area contributed by atoms with Crippen molar-refractivity contribution in [1.82, 2.24) is 10.6 Å². The van der Waals surface area contributed by atoms with E-state index in [0.29, 0.717) is 17.8 Å². The topological polar surface area (TPSA) is 128 Å².